The Labute approximate surface area is 144 Å². The number of H-pyrrole nitrogens is 1. The molecule has 0 saturated carbocycles. The molecule has 3 N–H and O–H groups in total. The van der Waals surface area contributed by atoms with Crippen molar-refractivity contribution in [1.82, 2.24) is 20.8 Å². The molecule has 6 nitrogen and oxygen atoms in total. The molecule has 2 rings (SSSR count). The van der Waals surface area contributed by atoms with Crippen molar-refractivity contribution in [3.63, 3.8) is 0 Å². The van der Waals surface area contributed by atoms with Crippen molar-refractivity contribution in [2.45, 2.75) is 26.8 Å². The third-order valence-electron chi connectivity index (χ3n) is 3.71. The molecule has 0 aliphatic heterocycles. The molecule has 1 aromatic carbocycles. The van der Waals surface area contributed by atoms with Crippen molar-refractivity contribution in [3.8, 4) is 0 Å². The quantitative estimate of drug-likeness (QED) is 0.376. The number of aliphatic imine (C=N–C) groups is 1. The molecule has 0 aliphatic rings. The van der Waals surface area contributed by atoms with Crippen LogP contribution >= 0.6 is 0 Å². The van der Waals surface area contributed by atoms with E-state index >= 15 is 0 Å². The normalized spacial score (nSPS) is 11.3. The van der Waals surface area contributed by atoms with E-state index in [0.29, 0.717) is 6.54 Å². The van der Waals surface area contributed by atoms with E-state index in [1.165, 1.54) is 5.69 Å². The van der Waals surface area contributed by atoms with Gasteiger partial charge in [0.15, 0.2) is 5.96 Å². The zero-order valence-electron chi connectivity index (χ0n) is 14.6. The van der Waals surface area contributed by atoms with Crippen molar-refractivity contribution in [2.24, 2.45) is 4.99 Å². The predicted molar refractivity (Wildman–Crippen MR) is 100 cm³/mol. The molecule has 24 heavy (non-hydrogen) atoms. The minimum Gasteiger partial charge on any atom is -0.372 e. The molecule has 0 atom stereocenters. The maximum Gasteiger partial charge on any atom is 0.191 e. The van der Waals surface area contributed by atoms with Crippen LogP contribution in [0.3, 0.4) is 0 Å². The van der Waals surface area contributed by atoms with E-state index in [4.69, 9.17) is 0 Å². The second kappa shape index (κ2) is 10.3. The van der Waals surface area contributed by atoms with Crippen molar-refractivity contribution in [3.05, 3.63) is 48.3 Å². The van der Waals surface area contributed by atoms with Crippen LogP contribution in [0.1, 0.15) is 26.0 Å². The Hall–Kier alpha value is -2.50. The van der Waals surface area contributed by atoms with Crippen LogP contribution in [0.5, 0.6) is 0 Å². The number of aromatic amines is 1. The largest absolute Gasteiger partial charge is 0.372 e. The minimum absolute atomic E-state index is 0.598. The predicted octanol–water partition coefficient (Wildman–Crippen LogP) is 2.38. The summed E-state index contributed by atoms with van der Waals surface area (Å²) in [5.41, 5.74) is 2.29. The fourth-order valence-corrected chi connectivity index (χ4v) is 2.46. The molecule has 0 bridgehead atoms. The average molecular weight is 328 g/mol. The number of benzene rings is 1. The van der Waals surface area contributed by atoms with E-state index in [1.807, 2.05) is 6.07 Å². The first-order valence-electron chi connectivity index (χ1n) is 8.64. The Kier molecular flexibility index (Phi) is 7.67. The number of nitrogens with one attached hydrogen (secondary N) is 3. The molecule has 0 saturated heterocycles. The number of hydrogen-bond donors (Lipinski definition) is 3. The first-order chi connectivity index (χ1) is 11.8. The molecular formula is C18H28N6. The summed E-state index contributed by atoms with van der Waals surface area (Å²) in [5, 5.41) is 13.5. The van der Waals surface area contributed by atoms with Gasteiger partial charge in [0.1, 0.15) is 0 Å². The fraction of sp³-hybridized carbons (Fsp3) is 0.444. The molecule has 0 radical (unpaired) electrons. The molecular weight excluding hydrogens is 300 g/mol. The van der Waals surface area contributed by atoms with E-state index in [-0.39, 0.29) is 0 Å². The Balaban J connectivity index is 1.76. The van der Waals surface area contributed by atoms with Crippen LogP contribution in [0.2, 0.25) is 0 Å². The number of nitrogens with zero attached hydrogens (tertiary/aromatic N) is 3. The smallest absolute Gasteiger partial charge is 0.191 e. The molecule has 6 heteroatoms. The minimum atomic E-state index is 0.598. The fourth-order valence-electron chi connectivity index (χ4n) is 2.46. The third kappa shape index (κ3) is 5.95. The number of hydrogen-bond acceptors (Lipinski definition) is 3. The third-order valence-corrected chi connectivity index (χ3v) is 3.71. The van der Waals surface area contributed by atoms with Crippen LogP contribution in [0.25, 0.3) is 0 Å². The Morgan fingerprint density at radius 2 is 2.00 bits per heavy atom. The van der Waals surface area contributed by atoms with E-state index in [1.54, 1.807) is 6.20 Å². The molecule has 1 heterocycles. The SMILES string of the molecule is CCNC(=NCc1ccn[nH]1)NCCCN(CC)c1ccccc1. The molecule has 0 spiro atoms. The standard InChI is InChI=1S/C18H28N6/c1-3-19-18(21-15-16-11-13-22-23-16)20-12-8-14-24(4-2)17-9-6-5-7-10-17/h5-7,9-11,13H,3-4,8,12,14-15H2,1-2H3,(H,22,23)(H2,19,20,21). The number of rotatable bonds is 9. The average Bonchev–Trinajstić information content (AvgIpc) is 3.14. The van der Waals surface area contributed by atoms with Gasteiger partial charge in [-0.25, -0.2) is 4.99 Å². The van der Waals surface area contributed by atoms with E-state index in [9.17, 15) is 0 Å². The lowest BCUT2D eigenvalue weighted by molar-refractivity contribution is 0.708. The van der Waals surface area contributed by atoms with Gasteiger partial charge in [-0.2, -0.15) is 5.10 Å². The summed E-state index contributed by atoms with van der Waals surface area (Å²) in [7, 11) is 0. The van der Waals surface area contributed by atoms with Crippen LogP contribution in [0.15, 0.2) is 47.6 Å². The molecule has 0 aliphatic carbocycles. The Morgan fingerprint density at radius 1 is 1.17 bits per heavy atom. The van der Waals surface area contributed by atoms with Crippen molar-refractivity contribution in [1.29, 1.82) is 0 Å². The Morgan fingerprint density at radius 3 is 2.67 bits per heavy atom. The lowest BCUT2D eigenvalue weighted by Gasteiger charge is -2.23. The highest BCUT2D eigenvalue weighted by Crippen LogP contribution is 2.12. The molecule has 0 unspecified atom stereocenters. The first-order valence-corrected chi connectivity index (χ1v) is 8.64. The molecule has 1 aromatic heterocycles. The van der Waals surface area contributed by atoms with Gasteiger partial charge in [0.2, 0.25) is 0 Å². The second-order valence-electron chi connectivity index (χ2n) is 5.47. The van der Waals surface area contributed by atoms with Crippen LogP contribution in [0.4, 0.5) is 5.69 Å². The van der Waals surface area contributed by atoms with Crippen LogP contribution in [-0.2, 0) is 6.54 Å². The van der Waals surface area contributed by atoms with E-state index < -0.39 is 0 Å². The van der Waals surface area contributed by atoms with Gasteiger partial charge in [-0.1, -0.05) is 18.2 Å². The van der Waals surface area contributed by atoms with Gasteiger partial charge < -0.3 is 15.5 Å². The van der Waals surface area contributed by atoms with Gasteiger partial charge in [0, 0.05) is 38.1 Å². The maximum absolute atomic E-state index is 4.56. The van der Waals surface area contributed by atoms with Crippen LogP contribution in [-0.4, -0.2) is 42.3 Å². The highest BCUT2D eigenvalue weighted by molar-refractivity contribution is 5.79. The van der Waals surface area contributed by atoms with Crippen molar-refractivity contribution >= 4 is 11.6 Å². The maximum atomic E-state index is 4.56. The van der Waals surface area contributed by atoms with Gasteiger partial charge in [-0.05, 0) is 38.5 Å². The first kappa shape index (κ1) is 17.8. The zero-order valence-corrected chi connectivity index (χ0v) is 14.6. The molecule has 0 fully saturated rings. The summed E-state index contributed by atoms with van der Waals surface area (Å²) in [6, 6.07) is 12.5. The highest BCUT2D eigenvalue weighted by atomic mass is 15.2. The van der Waals surface area contributed by atoms with Gasteiger partial charge in [-0.3, -0.25) is 5.10 Å². The van der Waals surface area contributed by atoms with Gasteiger partial charge in [0.05, 0.1) is 12.2 Å². The number of aromatic nitrogens is 2. The highest BCUT2D eigenvalue weighted by Gasteiger charge is 2.03. The summed E-state index contributed by atoms with van der Waals surface area (Å²) in [6.07, 6.45) is 2.80. The summed E-state index contributed by atoms with van der Waals surface area (Å²) in [5.74, 6) is 0.842. The van der Waals surface area contributed by atoms with Crippen molar-refractivity contribution in [2.75, 3.05) is 31.1 Å². The summed E-state index contributed by atoms with van der Waals surface area (Å²) in [4.78, 5) is 6.95. The van der Waals surface area contributed by atoms with E-state index in [2.05, 4.69) is 74.9 Å². The number of guanidine groups is 1. The van der Waals surface area contributed by atoms with Crippen LogP contribution < -0.4 is 15.5 Å². The molecule has 0 amide bonds. The lowest BCUT2D eigenvalue weighted by atomic mass is 10.2. The molecule has 2 aromatic rings. The van der Waals surface area contributed by atoms with Gasteiger partial charge >= 0.3 is 0 Å². The van der Waals surface area contributed by atoms with Gasteiger partial charge in [0.25, 0.3) is 0 Å². The number of para-hydroxylation sites is 1. The van der Waals surface area contributed by atoms with Crippen molar-refractivity contribution < 1.29 is 0 Å². The van der Waals surface area contributed by atoms with Gasteiger partial charge in [-0.15, -0.1) is 0 Å². The topological polar surface area (TPSA) is 68.3 Å². The summed E-state index contributed by atoms with van der Waals surface area (Å²) < 4.78 is 0. The van der Waals surface area contributed by atoms with E-state index in [0.717, 1.165) is 44.3 Å². The summed E-state index contributed by atoms with van der Waals surface area (Å²) >= 11 is 0. The second-order valence-corrected chi connectivity index (χ2v) is 5.47. The zero-order chi connectivity index (χ0) is 17.0. The number of anilines is 1. The lowest BCUT2D eigenvalue weighted by Crippen LogP contribution is -2.38. The summed E-state index contributed by atoms with van der Waals surface area (Å²) in [6.45, 7) is 8.63. The van der Waals surface area contributed by atoms with Crippen LogP contribution in [0, 0.1) is 0 Å². The molecule has 130 valence electrons. The monoisotopic (exact) mass is 328 g/mol. The Bertz CT molecular complexity index is 579.